The van der Waals surface area contributed by atoms with Crippen molar-refractivity contribution in [1.29, 1.82) is 0 Å². The SMILES string of the molecule is O=C(NC1C=CS(=O)(=O)C1)NC1CCCC1C(=O)O. The van der Waals surface area contributed by atoms with E-state index in [-0.39, 0.29) is 11.8 Å². The molecule has 3 unspecified atom stereocenters. The zero-order valence-corrected chi connectivity index (χ0v) is 11.0. The molecule has 0 saturated heterocycles. The van der Waals surface area contributed by atoms with Crippen LogP contribution < -0.4 is 10.6 Å². The molecule has 2 amide bonds. The van der Waals surface area contributed by atoms with E-state index in [0.717, 1.165) is 11.8 Å². The highest BCUT2D eigenvalue weighted by atomic mass is 32.2. The highest BCUT2D eigenvalue weighted by molar-refractivity contribution is 7.94. The average molecular weight is 288 g/mol. The number of aliphatic carboxylic acids is 1. The molecule has 0 aromatic heterocycles. The molecule has 0 aromatic carbocycles. The lowest BCUT2D eigenvalue weighted by Gasteiger charge is -2.19. The first-order valence-electron chi connectivity index (χ1n) is 6.08. The quantitative estimate of drug-likeness (QED) is 0.668. The van der Waals surface area contributed by atoms with Crippen LogP contribution in [-0.2, 0) is 14.6 Å². The summed E-state index contributed by atoms with van der Waals surface area (Å²) in [7, 11) is -3.21. The van der Waals surface area contributed by atoms with Gasteiger partial charge < -0.3 is 15.7 Å². The highest BCUT2D eigenvalue weighted by Crippen LogP contribution is 2.25. The molecule has 0 radical (unpaired) electrons. The molecule has 8 heteroatoms. The Kier molecular flexibility index (Phi) is 3.79. The molecule has 1 fully saturated rings. The van der Waals surface area contributed by atoms with Crippen molar-refractivity contribution in [2.75, 3.05) is 5.75 Å². The first-order valence-corrected chi connectivity index (χ1v) is 7.80. The minimum Gasteiger partial charge on any atom is -0.481 e. The monoisotopic (exact) mass is 288 g/mol. The van der Waals surface area contributed by atoms with E-state index in [2.05, 4.69) is 10.6 Å². The predicted octanol–water partition coefficient (Wildman–Crippen LogP) is -0.150. The Hall–Kier alpha value is -1.57. The van der Waals surface area contributed by atoms with Crippen molar-refractivity contribution in [2.45, 2.75) is 31.3 Å². The third-order valence-corrected chi connectivity index (χ3v) is 4.79. The van der Waals surface area contributed by atoms with Crippen molar-refractivity contribution in [3.63, 3.8) is 0 Å². The van der Waals surface area contributed by atoms with Gasteiger partial charge in [0.1, 0.15) is 0 Å². The molecular weight excluding hydrogens is 272 g/mol. The molecule has 2 aliphatic rings. The Morgan fingerprint density at radius 1 is 1.21 bits per heavy atom. The van der Waals surface area contributed by atoms with E-state index in [1.165, 1.54) is 6.08 Å². The second-order valence-electron chi connectivity index (χ2n) is 4.86. The summed E-state index contributed by atoms with van der Waals surface area (Å²) < 4.78 is 22.3. The highest BCUT2D eigenvalue weighted by Gasteiger charge is 2.34. The van der Waals surface area contributed by atoms with Gasteiger partial charge >= 0.3 is 12.0 Å². The standard InChI is InChI=1S/C11H16N2O5S/c14-10(15)8-2-1-3-9(8)13-11(16)12-7-4-5-19(17,18)6-7/h4-5,7-9H,1-3,6H2,(H,14,15)(H2,12,13,16). The Balaban J connectivity index is 1.85. The minimum absolute atomic E-state index is 0.145. The first kappa shape index (κ1) is 13.9. The molecule has 106 valence electrons. The molecule has 3 N–H and O–H groups in total. The Morgan fingerprint density at radius 2 is 1.95 bits per heavy atom. The molecule has 1 aliphatic carbocycles. The summed E-state index contributed by atoms with van der Waals surface area (Å²) in [6.45, 7) is 0. The van der Waals surface area contributed by atoms with Crippen LogP contribution in [-0.4, -0.2) is 43.4 Å². The van der Waals surface area contributed by atoms with Gasteiger partial charge in [0.05, 0.1) is 17.7 Å². The van der Waals surface area contributed by atoms with Gasteiger partial charge in [0.2, 0.25) is 0 Å². The maximum absolute atomic E-state index is 11.7. The first-order chi connectivity index (χ1) is 8.87. The van der Waals surface area contributed by atoms with Crippen LogP contribution in [0, 0.1) is 5.92 Å². The van der Waals surface area contributed by atoms with Gasteiger partial charge in [-0.05, 0) is 18.9 Å². The summed E-state index contributed by atoms with van der Waals surface area (Å²) in [4.78, 5) is 22.7. The van der Waals surface area contributed by atoms with Crippen LogP contribution >= 0.6 is 0 Å². The van der Waals surface area contributed by atoms with E-state index in [1.807, 2.05) is 0 Å². The third-order valence-electron chi connectivity index (χ3n) is 3.40. The van der Waals surface area contributed by atoms with Gasteiger partial charge in [0, 0.05) is 11.4 Å². The normalized spacial score (nSPS) is 32.1. The number of nitrogens with one attached hydrogen (secondary N) is 2. The summed E-state index contributed by atoms with van der Waals surface area (Å²) in [6, 6.07) is -1.46. The van der Waals surface area contributed by atoms with E-state index in [1.54, 1.807) is 0 Å². The smallest absolute Gasteiger partial charge is 0.315 e. The fourth-order valence-corrected chi connectivity index (χ4v) is 3.71. The van der Waals surface area contributed by atoms with Gasteiger partial charge in [0.25, 0.3) is 0 Å². The zero-order valence-electron chi connectivity index (χ0n) is 10.2. The van der Waals surface area contributed by atoms with Crippen molar-refractivity contribution < 1.29 is 23.1 Å². The fraction of sp³-hybridized carbons (Fsp3) is 0.636. The molecule has 0 aromatic rings. The lowest BCUT2D eigenvalue weighted by molar-refractivity contribution is -0.142. The van der Waals surface area contributed by atoms with Crippen LogP contribution in [0.4, 0.5) is 4.79 Å². The van der Waals surface area contributed by atoms with Crippen molar-refractivity contribution in [3.05, 3.63) is 11.5 Å². The van der Waals surface area contributed by atoms with E-state index in [9.17, 15) is 18.0 Å². The van der Waals surface area contributed by atoms with Gasteiger partial charge in [0.15, 0.2) is 9.84 Å². The molecular formula is C11H16N2O5S. The lowest BCUT2D eigenvalue weighted by Crippen LogP contribution is -2.48. The summed E-state index contributed by atoms with van der Waals surface area (Å²) in [5.41, 5.74) is 0. The lowest BCUT2D eigenvalue weighted by atomic mass is 10.0. The maximum Gasteiger partial charge on any atom is 0.315 e. The average Bonchev–Trinajstić information content (AvgIpc) is 2.85. The maximum atomic E-state index is 11.7. The van der Waals surface area contributed by atoms with E-state index >= 15 is 0 Å². The number of carboxylic acid groups (broad SMARTS) is 1. The molecule has 3 atom stereocenters. The van der Waals surface area contributed by atoms with Gasteiger partial charge in [-0.1, -0.05) is 6.42 Å². The summed E-state index contributed by atoms with van der Waals surface area (Å²) >= 11 is 0. The van der Waals surface area contributed by atoms with Crippen LogP contribution in [0.3, 0.4) is 0 Å². The van der Waals surface area contributed by atoms with E-state index in [0.29, 0.717) is 12.8 Å². The second-order valence-corrected chi connectivity index (χ2v) is 6.80. The Morgan fingerprint density at radius 3 is 2.53 bits per heavy atom. The largest absolute Gasteiger partial charge is 0.481 e. The molecule has 1 saturated carbocycles. The fourth-order valence-electron chi connectivity index (χ4n) is 2.47. The molecule has 7 nitrogen and oxygen atoms in total. The van der Waals surface area contributed by atoms with Crippen molar-refractivity contribution in [2.24, 2.45) is 5.92 Å². The summed E-state index contributed by atoms with van der Waals surface area (Å²) in [6.07, 6.45) is 3.36. The van der Waals surface area contributed by atoms with Gasteiger partial charge in [-0.15, -0.1) is 0 Å². The molecule has 19 heavy (non-hydrogen) atoms. The number of hydrogen-bond donors (Lipinski definition) is 3. The number of carboxylic acids is 1. The molecule has 0 spiro atoms. The van der Waals surface area contributed by atoms with Crippen molar-refractivity contribution >= 4 is 21.8 Å². The Bertz CT molecular complexity index is 513. The van der Waals surface area contributed by atoms with Gasteiger partial charge in [-0.2, -0.15) is 0 Å². The van der Waals surface area contributed by atoms with Crippen molar-refractivity contribution in [1.82, 2.24) is 10.6 Å². The predicted molar refractivity (Wildman–Crippen MR) is 67.1 cm³/mol. The van der Waals surface area contributed by atoms with Crippen LogP contribution in [0.5, 0.6) is 0 Å². The third kappa shape index (κ3) is 3.46. The number of sulfone groups is 1. The summed E-state index contributed by atoms with van der Waals surface area (Å²) in [5, 5.41) is 15.2. The molecule has 1 aliphatic heterocycles. The van der Waals surface area contributed by atoms with Crippen LogP contribution in [0.15, 0.2) is 11.5 Å². The number of urea groups is 1. The number of amides is 2. The number of rotatable bonds is 3. The number of hydrogen-bond acceptors (Lipinski definition) is 4. The van der Waals surface area contributed by atoms with E-state index < -0.39 is 33.8 Å². The Labute approximate surface area is 111 Å². The van der Waals surface area contributed by atoms with Crippen LogP contribution in [0.2, 0.25) is 0 Å². The minimum atomic E-state index is -3.21. The van der Waals surface area contributed by atoms with Gasteiger partial charge in [-0.25, -0.2) is 13.2 Å². The zero-order chi connectivity index (χ0) is 14.0. The molecule has 1 heterocycles. The van der Waals surface area contributed by atoms with E-state index in [4.69, 9.17) is 5.11 Å². The topological polar surface area (TPSA) is 113 Å². The van der Waals surface area contributed by atoms with Crippen LogP contribution in [0.25, 0.3) is 0 Å². The van der Waals surface area contributed by atoms with Crippen LogP contribution in [0.1, 0.15) is 19.3 Å². The summed E-state index contributed by atoms with van der Waals surface area (Å²) in [5.74, 6) is -1.62. The number of carbonyl (C=O) groups is 2. The number of carbonyl (C=O) groups excluding carboxylic acids is 1. The van der Waals surface area contributed by atoms with Crippen molar-refractivity contribution in [3.8, 4) is 0 Å². The second kappa shape index (κ2) is 5.20. The molecule has 2 rings (SSSR count). The molecule has 0 bridgehead atoms. The van der Waals surface area contributed by atoms with Gasteiger partial charge in [-0.3, -0.25) is 4.79 Å².